The van der Waals surface area contributed by atoms with Crippen molar-refractivity contribution in [3.05, 3.63) is 34.1 Å². The number of fused-ring (bicyclic) bond motifs is 1. The molecule has 0 saturated carbocycles. The summed E-state index contributed by atoms with van der Waals surface area (Å²) < 4.78 is 16.2. The number of hydrogen-bond donors (Lipinski definition) is 3. The predicted octanol–water partition coefficient (Wildman–Crippen LogP) is 1.39. The van der Waals surface area contributed by atoms with Crippen molar-refractivity contribution in [3.63, 3.8) is 0 Å². The van der Waals surface area contributed by atoms with E-state index in [2.05, 4.69) is 10.3 Å². The number of aromatic amines is 1. The van der Waals surface area contributed by atoms with Gasteiger partial charge in [0.05, 0.1) is 39.0 Å². The number of aliphatic hydroxyl groups is 1. The summed E-state index contributed by atoms with van der Waals surface area (Å²) in [6, 6.07) is 5.36. The maximum Gasteiger partial charge on any atom is 0.253 e. The van der Waals surface area contributed by atoms with Crippen molar-refractivity contribution in [1.29, 1.82) is 0 Å². The number of H-pyrrole nitrogens is 1. The van der Waals surface area contributed by atoms with E-state index in [1.54, 1.807) is 25.2 Å². The van der Waals surface area contributed by atoms with E-state index in [1.165, 1.54) is 0 Å². The molecule has 8 nitrogen and oxygen atoms in total. The maximum absolute atomic E-state index is 12.6. The van der Waals surface area contributed by atoms with Gasteiger partial charge in [-0.05, 0) is 37.2 Å². The lowest BCUT2D eigenvalue weighted by molar-refractivity contribution is 0.113. The maximum atomic E-state index is 12.6. The van der Waals surface area contributed by atoms with Crippen molar-refractivity contribution in [3.8, 4) is 11.5 Å². The summed E-state index contributed by atoms with van der Waals surface area (Å²) in [5.74, 6) is 1.13. The van der Waals surface area contributed by atoms with Crippen molar-refractivity contribution in [2.24, 2.45) is 0 Å². The SMILES string of the molecule is COc1cc2cc(CN(CCO)C(=S)NC[C@H]3CCCO3)c(=O)[nH]c2cc1OC. The van der Waals surface area contributed by atoms with Gasteiger partial charge in [-0.15, -0.1) is 0 Å². The normalized spacial score (nSPS) is 16.0. The molecule has 158 valence electrons. The number of methoxy groups -OCH3 is 2. The molecule has 1 saturated heterocycles. The number of thiocarbonyl (C=S) groups is 1. The highest BCUT2D eigenvalue weighted by Gasteiger charge is 2.18. The Hall–Kier alpha value is -2.36. The van der Waals surface area contributed by atoms with E-state index in [4.69, 9.17) is 26.4 Å². The van der Waals surface area contributed by atoms with E-state index in [1.807, 2.05) is 12.1 Å². The summed E-state index contributed by atoms with van der Waals surface area (Å²) >= 11 is 5.49. The van der Waals surface area contributed by atoms with E-state index in [9.17, 15) is 9.90 Å². The van der Waals surface area contributed by atoms with Gasteiger partial charge in [-0.25, -0.2) is 0 Å². The predicted molar refractivity (Wildman–Crippen MR) is 115 cm³/mol. The second-order valence-electron chi connectivity index (χ2n) is 6.88. The van der Waals surface area contributed by atoms with E-state index in [0.29, 0.717) is 40.8 Å². The van der Waals surface area contributed by atoms with Gasteiger partial charge >= 0.3 is 0 Å². The molecule has 1 aromatic carbocycles. The molecule has 1 aliphatic rings. The van der Waals surface area contributed by atoms with Crippen molar-refractivity contribution in [2.45, 2.75) is 25.5 Å². The lowest BCUT2D eigenvalue weighted by atomic mass is 10.1. The molecule has 2 aromatic rings. The number of hydrogen-bond acceptors (Lipinski definition) is 6. The van der Waals surface area contributed by atoms with E-state index in [0.717, 1.165) is 24.8 Å². The van der Waals surface area contributed by atoms with Gasteiger partial charge in [0.15, 0.2) is 16.6 Å². The first-order valence-corrected chi connectivity index (χ1v) is 9.99. The minimum Gasteiger partial charge on any atom is -0.493 e. The Balaban J connectivity index is 1.80. The fourth-order valence-corrected chi connectivity index (χ4v) is 3.63. The average Bonchev–Trinajstić information content (AvgIpc) is 3.24. The molecule has 3 rings (SSSR count). The Labute approximate surface area is 174 Å². The highest BCUT2D eigenvalue weighted by Crippen LogP contribution is 2.31. The number of rotatable bonds is 8. The second kappa shape index (κ2) is 9.91. The third-order valence-electron chi connectivity index (χ3n) is 4.95. The van der Waals surface area contributed by atoms with Crippen LogP contribution in [-0.2, 0) is 11.3 Å². The fraction of sp³-hybridized carbons (Fsp3) is 0.500. The molecule has 0 unspecified atom stereocenters. The Bertz CT molecular complexity index is 911. The van der Waals surface area contributed by atoms with Crippen LogP contribution < -0.4 is 20.3 Å². The van der Waals surface area contributed by atoms with Gasteiger partial charge in [-0.3, -0.25) is 4.79 Å². The number of benzene rings is 1. The van der Waals surface area contributed by atoms with Crippen LogP contribution in [0.15, 0.2) is 23.0 Å². The Kier molecular flexibility index (Phi) is 7.29. The van der Waals surface area contributed by atoms with Crippen molar-refractivity contribution < 1.29 is 19.3 Å². The minimum atomic E-state index is -0.213. The molecular formula is C20H27N3O5S. The molecular weight excluding hydrogens is 394 g/mol. The molecule has 0 amide bonds. The molecule has 1 aliphatic heterocycles. The summed E-state index contributed by atoms with van der Waals surface area (Å²) in [6.07, 6.45) is 2.21. The smallest absolute Gasteiger partial charge is 0.253 e. The monoisotopic (exact) mass is 421 g/mol. The number of aromatic nitrogens is 1. The van der Waals surface area contributed by atoms with Crippen molar-refractivity contribution >= 4 is 28.2 Å². The van der Waals surface area contributed by atoms with Gasteiger partial charge in [0.1, 0.15) is 0 Å². The molecule has 1 atom stereocenters. The van der Waals surface area contributed by atoms with Crippen LogP contribution >= 0.6 is 12.2 Å². The molecule has 2 heterocycles. The standard InChI is InChI=1S/C20H27N3O5S/c1-26-17-9-13-8-14(19(25)22-16(13)10-18(17)27-2)12-23(5-6-24)20(29)21-11-15-4-3-7-28-15/h8-10,15,24H,3-7,11-12H2,1-2H3,(H,21,29)(H,22,25)/t15-/m1/s1. The lowest BCUT2D eigenvalue weighted by Gasteiger charge is -2.26. The van der Waals surface area contributed by atoms with Crippen LogP contribution in [0.3, 0.4) is 0 Å². The molecule has 0 spiro atoms. The van der Waals surface area contributed by atoms with Crippen LogP contribution in [0.25, 0.3) is 10.9 Å². The zero-order valence-electron chi connectivity index (χ0n) is 16.7. The number of nitrogens with one attached hydrogen (secondary N) is 2. The summed E-state index contributed by atoms with van der Waals surface area (Å²) in [7, 11) is 3.12. The molecule has 29 heavy (non-hydrogen) atoms. The topological polar surface area (TPSA) is 96.0 Å². The Morgan fingerprint density at radius 2 is 2.10 bits per heavy atom. The van der Waals surface area contributed by atoms with Crippen LogP contribution in [0.2, 0.25) is 0 Å². The quantitative estimate of drug-likeness (QED) is 0.551. The molecule has 0 bridgehead atoms. The average molecular weight is 422 g/mol. The van der Waals surface area contributed by atoms with Crippen LogP contribution in [0, 0.1) is 0 Å². The Morgan fingerprint density at radius 3 is 2.76 bits per heavy atom. The van der Waals surface area contributed by atoms with Gasteiger partial charge in [0.2, 0.25) is 0 Å². The van der Waals surface area contributed by atoms with Crippen LogP contribution in [-0.4, -0.2) is 66.7 Å². The lowest BCUT2D eigenvalue weighted by Crippen LogP contribution is -2.44. The minimum absolute atomic E-state index is 0.0712. The highest BCUT2D eigenvalue weighted by atomic mass is 32.1. The van der Waals surface area contributed by atoms with Gasteiger partial charge in [0.25, 0.3) is 5.56 Å². The van der Waals surface area contributed by atoms with Crippen molar-refractivity contribution in [1.82, 2.24) is 15.2 Å². The number of nitrogens with zero attached hydrogens (tertiary/aromatic N) is 1. The van der Waals surface area contributed by atoms with E-state index >= 15 is 0 Å². The third kappa shape index (κ3) is 5.17. The molecule has 9 heteroatoms. The number of ether oxygens (including phenoxy) is 3. The van der Waals surface area contributed by atoms with E-state index in [-0.39, 0.29) is 24.8 Å². The first-order valence-electron chi connectivity index (χ1n) is 9.59. The zero-order valence-corrected chi connectivity index (χ0v) is 17.5. The molecule has 0 radical (unpaired) electrons. The number of aliphatic hydroxyl groups excluding tert-OH is 1. The zero-order chi connectivity index (χ0) is 20.8. The van der Waals surface area contributed by atoms with Gasteiger partial charge in [-0.1, -0.05) is 0 Å². The summed E-state index contributed by atoms with van der Waals surface area (Å²) in [5, 5.41) is 13.9. The number of pyridine rings is 1. The molecule has 0 aliphatic carbocycles. The van der Waals surface area contributed by atoms with Crippen molar-refractivity contribution in [2.75, 3.05) is 40.5 Å². The molecule has 1 aromatic heterocycles. The summed E-state index contributed by atoms with van der Waals surface area (Å²) in [6.45, 7) is 1.92. The van der Waals surface area contributed by atoms with Crippen LogP contribution in [0.4, 0.5) is 0 Å². The van der Waals surface area contributed by atoms with Gasteiger partial charge in [-0.2, -0.15) is 0 Å². The molecule has 1 fully saturated rings. The Morgan fingerprint density at radius 1 is 1.34 bits per heavy atom. The summed E-state index contributed by atoms with van der Waals surface area (Å²) in [4.78, 5) is 17.3. The summed E-state index contributed by atoms with van der Waals surface area (Å²) in [5.41, 5.74) is 0.984. The first kappa shape index (κ1) is 21.4. The third-order valence-corrected chi connectivity index (χ3v) is 5.35. The second-order valence-corrected chi connectivity index (χ2v) is 7.27. The molecule has 3 N–H and O–H groups in total. The van der Waals surface area contributed by atoms with E-state index < -0.39 is 0 Å². The highest BCUT2D eigenvalue weighted by molar-refractivity contribution is 7.80. The fourth-order valence-electron chi connectivity index (χ4n) is 3.39. The largest absolute Gasteiger partial charge is 0.493 e. The van der Waals surface area contributed by atoms with Crippen LogP contribution in [0.1, 0.15) is 18.4 Å². The first-order chi connectivity index (χ1) is 14.0. The van der Waals surface area contributed by atoms with Crippen LogP contribution in [0.5, 0.6) is 11.5 Å². The van der Waals surface area contributed by atoms with Gasteiger partial charge < -0.3 is 34.5 Å². The van der Waals surface area contributed by atoms with Gasteiger partial charge in [0, 0.05) is 36.7 Å².